The summed E-state index contributed by atoms with van der Waals surface area (Å²) in [4.78, 5) is 14.2. The number of hydrogen-bond acceptors (Lipinski definition) is 6. The summed E-state index contributed by atoms with van der Waals surface area (Å²) in [5.41, 5.74) is 1.19. The van der Waals surface area contributed by atoms with Crippen LogP contribution in [0.3, 0.4) is 0 Å². The van der Waals surface area contributed by atoms with E-state index in [4.69, 9.17) is 4.74 Å². The van der Waals surface area contributed by atoms with Gasteiger partial charge in [0.15, 0.2) is 5.75 Å². The van der Waals surface area contributed by atoms with Gasteiger partial charge in [-0.05, 0) is 47.2 Å². The van der Waals surface area contributed by atoms with Crippen molar-refractivity contribution in [2.75, 3.05) is 5.32 Å². The highest BCUT2D eigenvalue weighted by Crippen LogP contribution is 2.32. The molecular formula is C19H13N3O2S2. The Balaban J connectivity index is 1.59. The van der Waals surface area contributed by atoms with Crippen LogP contribution < -0.4 is 10.1 Å². The number of benzene rings is 2. The maximum absolute atomic E-state index is 12.8. The summed E-state index contributed by atoms with van der Waals surface area (Å²) < 4.78 is 9.83. The highest BCUT2D eigenvalue weighted by Gasteiger charge is 2.19. The first-order chi connectivity index (χ1) is 12.8. The zero-order valence-corrected chi connectivity index (χ0v) is 15.1. The minimum atomic E-state index is -0.257. The number of nitrogens with zero attached hydrogens (tertiary/aromatic N) is 2. The van der Waals surface area contributed by atoms with Gasteiger partial charge in [0.1, 0.15) is 16.3 Å². The van der Waals surface area contributed by atoms with Crippen LogP contribution in [0, 0.1) is 0 Å². The van der Waals surface area contributed by atoms with Crippen LogP contribution in [-0.2, 0) is 0 Å². The largest absolute Gasteiger partial charge is 0.455 e. The molecule has 0 saturated carbocycles. The molecular weight excluding hydrogens is 366 g/mol. The highest BCUT2D eigenvalue weighted by atomic mass is 32.1. The molecule has 0 fully saturated rings. The summed E-state index contributed by atoms with van der Waals surface area (Å²) in [5.74, 6) is 1.02. The van der Waals surface area contributed by atoms with Gasteiger partial charge in [-0.3, -0.25) is 4.79 Å². The molecule has 2 aromatic carbocycles. The van der Waals surface area contributed by atoms with E-state index in [-0.39, 0.29) is 5.91 Å². The normalized spacial score (nSPS) is 10.5. The SMILES string of the molecule is O=C(Nc1ccccc1Oc1ccccc1)c1snnc1-c1cccs1. The van der Waals surface area contributed by atoms with Gasteiger partial charge in [-0.25, -0.2) is 0 Å². The van der Waals surface area contributed by atoms with Crippen LogP contribution in [-0.4, -0.2) is 15.5 Å². The Hall–Kier alpha value is -3.03. The first-order valence-electron chi connectivity index (χ1n) is 7.81. The van der Waals surface area contributed by atoms with E-state index in [0.29, 0.717) is 27.8 Å². The lowest BCUT2D eigenvalue weighted by atomic mass is 10.2. The van der Waals surface area contributed by atoms with Crippen molar-refractivity contribution < 1.29 is 9.53 Å². The average molecular weight is 379 g/mol. The zero-order chi connectivity index (χ0) is 17.8. The summed E-state index contributed by atoms with van der Waals surface area (Å²) in [6.07, 6.45) is 0. The predicted octanol–water partition coefficient (Wildman–Crippen LogP) is 5.31. The number of carbonyl (C=O) groups is 1. The van der Waals surface area contributed by atoms with E-state index in [1.54, 1.807) is 6.07 Å². The van der Waals surface area contributed by atoms with E-state index in [0.717, 1.165) is 16.4 Å². The summed E-state index contributed by atoms with van der Waals surface area (Å²) in [5, 5.41) is 8.95. The van der Waals surface area contributed by atoms with Gasteiger partial charge < -0.3 is 10.1 Å². The first-order valence-corrected chi connectivity index (χ1v) is 9.46. The van der Waals surface area contributed by atoms with Gasteiger partial charge in [0.25, 0.3) is 5.91 Å². The van der Waals surface area contributed by atoms with E-state index in [1.165, 1.54) is 11.3 Å². The first kappa shape index (κ1) is 16.4. The molecule has 2 heterocycles. The second-order valence-electron chi connectivity index (χ2n) is 5.29. The molecule has 0 aliphatic heterocycles. The third kappa shape index (κ3) is 3.49. The number of carbonyl (C=O) groups excluding carboxylic acids is 1. The Labute approximate surface area is 158 Å². The number of anilines is 1. The number of amides is 1. The van der Waals surface area contributed by atoms with Gasteiger partial charge in [0.2, 0.25) is 0 Å². The Morgan fingerprint density at radius 3 is 2.58 bits per heavy atom. The average Bonchev–Trinajstić information content (AvgIpc) is 3.35. The molecule has 0 atom stereocenters. The van der Waals surface area contributed by atoms with Crippen molar-refractivity contribution in [2.45, 2.75) is 0 Å². The Morgan fingerprint density at radius 2 is 1.77 bits per heavy atom. The molecule has 26 heavy (non-hydrogen) atoms. The van der Waals surface area contributed by atoms with Crippen molar-refractivity contribution in [3.63, 3.8) is 0 Å². The smallest absolute Gasteiger partial charge is 0.269 e. The number of para-hydroxylation sites is 3. The summed E-state index contributed by atoms with van der Waals surface area (Å²) >= 11 is 2.60. The molecule has 5 nitrogen and oxygen atoms in total. The monoisotopic (exact) mass is 379 g/mol. The Morgan fingerprint density at radius 1 is 0.962 bits per heavy atom. The number of aromatic nitrogens is 2. The molecule has 2 aromatic heterocycles. The van der Waals surface area contributed by atoms with Crippen LogP contribution in [0.5, 0.6) is 11.5 Å². The van der Waals surface area contributed by atoms with Gasteiger partial charge in [-0.2, -0.15) is 0 Å². The number of ether oxygens (including phenoxy) is 1. The predicted molar refractivity (Wildman–Crippen MR) is 104 cm³/mol. The zero-order valence-electron chi connectivity index (χ0n) is 13.5. The second-order valence-corrected chi connectivity index (χ2v) is 7.00. The van der Waals surface area contributed by atoms with Crippen LogP contribution >= 0.6 is 22.9 Å². The maximum Gasteiger partial charge on any atom is 0.269 e. The van der Waals surface area contributed by atoms with Crippen LogP contribution in [0.4, 0.5) is 5.69 Å². The van der Waals surface area contributed by atoms with Gasteiger partial charge >= 0.3 is 0 Å². The second kappa shape index (κ2) is 7.47. The topological polar surface area (TPSA) is 64.1 Å². The fraction of sp³-hybridized carbons (Fsp3) is 0. The van der Waals surface area contributed by atoms with Crippen molar-refractivity contribution in [3.8, 4) is 22.1 Å². The molecule has 1 N–H and O–H groups in total. The molecule has 0 saturated heterocycles. The van der Waals surface area contributed by atoms with Gasteiger partial charge in [0.05, 0.1) is 10.6 Å². The molecule has 0 spiro atoms. The summed E-state index contributed by atoms with van der Waals surface area (Å²) in [6.45, 7) is 0. The van der Waals surface area contributed by atoms with Gasteiger partial charge in [-0.1, -0.05) is 40.9 Å². The van der Waals surface area contributed by atoms with E-state index in [1.807, 2.05) is 66.0 Å². The molecule has 0 bridgehead atoms. The lowest BCUT2D eigenvalue weighted by molar-refractivity contribution is 0.103. The Bertz CT molecular complexity index is 1010. The molecule has 0 aliphatic rings. The van der Waals surface area contributed by atoms with Crippen molar-refractivity contribution >= 4 is 34.5 Å². The third-order valence-corrected chi connectivity index (χ3v) is 5.16. The fourth-order valence-corrected chi connectivity index (χ4v) is 3.72. The molecule has 128 valence electrons. The maximum atomic E-state index is 12.8. The van der Waals surface area contributed by atoms with Crippen molar-refractivity contribution in [2.24, 2.45) is 0 Å². The number of nitrogens with one attached hydrogen (secondary N) is 1. The minimum Gasteiger partial charge on any atom is -0.455 e. The summed E-state index contributed by atoms with van der Waals surface area (Å²) in [7, 11) is 0. The van der Waals surface area contributed by atoms with Crippen LogP contribution in [0.1, 0.15) is 9.67 Å². The molecule has 0 aliphatic carbocycles. The molecule has 4 rings (SSSR count). The molecule has 4 aromatic rings. The Kier molecular flexibility index (Phi) is 4.72. The molecule has 0 unspecified atom stereocenters. The molecule has 7 heteroatoms. The minimum absolute atomic E-state index is 0.257. The van der Waals surface area contributed by atoms with Crippen LogP contribution in [0.2, 0.25) is 0 Å². The lowest BCUT2D eigenvalue weighted by Gasteiger charge is -2.11. The van der Waals surface area contributed by atoms with Crippen molar-refractivity contribution in [3.05, 3.63) is 77.0 Å². The van der Waals surface area contributed by atoms with Gasteiger partial charge in [0, 0.05) is 0 Å². The molecule has 0 radical (unpaired) electrons. The third-order valence-electron chi connectivity index (χ3n) is 3.56. The van der Waals surface area contributed by atoms with E-state index >= 15 is 0 Å². The van der Waals surface area contributed by atoms with Crippen LogP contribution in [0.25, 0.3) is 10.6 Å². The molecule has 1 amide bonds. The number of rotatable bonds is 5. The van der Waals surface area contributed by atoms with E-state index < -0.39 is 0 Å². The number of hydrogen-bond donors (Lipinski definition) is 1. The van der Waals surface area contributed by atoms with Crippen molar-refractivity contribution in [1.29, 1.82) is 0 Å². The quantitative estimate of drug-likeness (QED) is 0.510. The number of thiophene rings is 1. The highest BCUT2D eigenvalue weighted by molar-refractivity contribution is 7.14. The van der Waals surface area contributed by atoms with E-state index in [2.05, 4.69) is 14.9 Å². The fourth-order valence-electron chi connectivity index (χ4n) is 2.37. The van der Waals surface area contributed by atoms with Crippen molar-refractivity contribution in [1.82, 2.24) is 9.59 Å². The van der Waals surface area contributed by atoms with Crippen LogP contribution in [0.15, 0.2) is 72.1 Å². The van der Waals surface area contributed by atoms with Gasteiger partial charge in [-0.15, -0.1) is 16.4 Å². The lowest BCUT2D eigenvalue weighted by Crippen LogP contribution is -2.12. The summed E-state index contributed by atoms with van der Waals surface area (Å²) in [6, 6.07) is 20.6. The standard InChI is InChI=1S/C19H13N3O2S2/c23-19(18-17(21-22-26-18)16-11-6-12-25-16)20-14-9-4-5-10-15(14)24-13-7-2-1-3-8-13/h1-12H,(H,20,23). The van der Waals surface area contributed by atoms with E-state index in [9.17, 15) is 4.79 Å².